The third-order valence-corrected chi connectivity index (χ3v) is 3.43. The van der Waals surface area contributed by atoms with Crippen LogP contribution in [0.1, 0.15) is 38.8 Å². The number of benzene rings is 1. The lowest BCUT2D eigenvalue weighted by Gasteiger charge is -2.29. The van der Waals surface area contributed by atoms with Crippen LogP contribution in [0.5, 0.6) is 5.75 Å². The Morgan fingerprint density at radius 3 is 2.40 bits per heavy atom. The molecule has 114 valence electrons. The minimum Gasteiger partial charge on any atom is -0.496 e. The Hall–Kier alpha value is -1.06. The maximum atomic E-state index is 5.52. The molecule has 0 aliphatic heterocycles. The van der Waals surface area contributed by atoms with Gasteiger partial charge >= 0.3 is 0 Å². The molecule has 1 aromatic rings. The van der Waals surface area contributed by atoms with E-state index in [9.17, 15) is 0 Å². The Morgan fingerprint density at radius 1 is 1.20 bits per heavy atom. The van der Waals surface area contributed by atoms with Crippen LogP contribution in [-0.2, 0) is 13.1 Å². The zero-order chi connectivity index (χ0) is 15.1. The number of hydrogen-bond donors (Lipinski definition) is 1. The largest absolute Gasteiger partial charge is 0.496 e. The standard InChI is InChI=1S/C17H30N2O/c1-13(2)11-19(14(3)4)12-16-9-15(10-18-5)7-8-17(16)20-6/h7-9,13-14,18H,10-12H2,1-6H3. The van der Waals surface area contributed by atoms with E-state index in [-0.39, 0.29) is 0 Å². The van der Waals surface area contributed by atoms with Crippen LogP contribution in [-0.4, -0.2) is 31.6 Å². The van der Waals surface area contributed by atoms with E-state index in [0.29, 0.717) is 12.0 Å². The van der Waals surface area contributed by atoms with Gasteiger partial charge in [-0.2, -0.15) is 0 Å². The van der Waals surface area contributed by atoms with Gasteiger partial charge in [0.25, 0.3) is 0 Å². The summed E-state index contributed by atoms with van der Waals surface area (Å²) in [5, 5.41) is 3.20. The maximum Gasteiger partial charge on any atom is 0.123 e. The molecule has 0 heterocycles. The fourth-order valence-electron chi connectivity index (χ4n) is 2.42. The normalized spacial score (nSPS) is 11.7. The zero-order valence-electron chi connectivity index (χ0n) is 13.9. The van der Waals surface area contributed by atoms with Gasteiger partial charge in [0, 0.05) is 31.2 Å². The maximum absolute atomic E-state index is 5.52. The summed E-state index contributed by atoms with van der Waals surface area (Å²) in [6, 6.07) is 7.00. The number of nitrogens with zero attached hydrogens (tertiary/aromatic N) is 1. The van der Waals surface area contributed by atoms with Gasteiger partial charge in [-0.15, -0.1) is 0 Å². The molecule has 0 saturated heterocycles. The molecule has 0 bridgehead atoms. The molecule has 0 atom stereocenters. The summed E-state index contributed by atoms with van der Waals surface area (Å²) >= 11 is 0. The van der Waals surface area contributed by atoms with Crippen LogP contribution in [0.15, 0.2) is 18.2 Å². The van der Waals surface area contributed by atoms with Crippen molar-refractivity contribution in [1.82, 2.24) is 10.2 Å². The Bertz CT molecular complexity index is 402. The second-order valence-corrected chi connectivity index (χ2v) is 6.09. The number of rotatable bonds is 8. The fraction of sp³-hybridized carbons (Fsp3) is 0.647. The van der Waals surface area contributed by atoms with Crippen molar-refractivity contribution in [3.05, 3.63) is 29.3 Å². The molecule has 0 fully saturated rings. The van der Waals surface area contributed by atoms with Gasteiger partial charge in [0.15, 0.2) is 0 Å². The summed E-state index contributed by atoms with van der Waals surface area (Å²) in [4.78, 5) is 2.51. The first kappa shape index (κ1) is 17.0. The van der Waals surface area contributed by atoms with E-state index in [1.165, 1.54) is 11.1 Å². The third-order valence-electron chi connectivity index (χ3n) is 3.43. The van der Waals surface area contributed by atoms with E-state index < -0.39 is 0 Å². The lowest BCUT2D eigenvalue weighted by atomic mass is 10.1. The van der Waals surface area contributed by atoms with Crippen LogP contribution in [0.2, 0.25) is 0 Å². The first-order chi connectivity index (χ1) is 9.47. The lowest BCUT2D eigenvalue weighted by Crippen LogP contribution is -2.33. The van der Waals surface area contributed by atoms with E-state index in [4.69, 9.17) is 4.74 Å². The molecule has 3 nitrogen and oxygen atoms in total. The average molecular weight is 278 g/mol. The first-order valence-corrected chi connectivity index (χ1v) is 7.52. The van der Waals surface area contributed by atoms with E-state index >= 15 is 0 Å². The monoisotopic (exact) mass is 278 g/mol. The molecule has 0 radical (unpaired) electrons. The summed E-state index contributed by atoms with van der Waals surface area (Å²) in [5.74, 6) is 1.66. The van der Waals surface area contributed by atoms with Gasteiger partial charge in [-0.05, 0) is 44.5 Å². The quantitative estimate of drug-likeness (QED) is 0.790. The van der Waals surface area contributed by atoms with Crippen molar-refractivity contribution in [2.24, 2.45) is 5.92 Å². The summed E-state index contributed by atoms with van der Waals surface area (Å²) in [6.45, 7) is 12.0. The molecule has 0 aliphatic rings. The summed E-state index contributed by atoms with van der Waals surface area (Å²) < 4.78 is 5.52. The van der Waals surface area contributed by atoms with Gasteiger partial charge in [0.2, 0.25) is 0 Å². The van der Waals surface area contributed by atoms with Crippen molar-refractivity contribution >= 4 is 0 Å². The third kappa shape index (κ3) is 5.14. The van der Waals surface area contributed by atoms with Gasteiger partial charge in [-0.25, -0.2) is 0 Å². The molecule has 1 N–H and O–H groups in total. The van der Waals surface area contributed by atoms with Crippen LogP contribution in [0.25, 0.3) is 0 Å². The lowest BCUT2D eigenvalue weighted by molar-refractivity contribution is 0.187. The number of ether oxygens (including phenoxy) is 1. The topological polar surface area (TPSA) is 24.5 Å². The van der Waals surface area contributed by atoms with Gasteiger partial charge < -0.3 is 10.1 Å². The summed E-state index contributed by atoms with van der Waals surface area (Å²) in [7, 11) is 3.72. The van der Waals surface area contributed by atoms with Crippen molar-refractivity contribution in [2.45, 2.75) is 46.8 Å². The first-order valence-electron chi connectivity index (χ1n) is 7.52. The number of nitrogens with one attached hydrogen (secondary N) is 1. The number of methoxy groups -OCH3 is 1. The van der Waals surface area contributed by atoms with Crippen molar-refractivity contribution in [3.63, 3.8) is 0 Å². The highest BCUT2D eigenvalue weighted by atomic mass is 16.5. The second-order valence-electron chi connectivity index (χ2n) is 6.09. The number of hydrogen-bond acceptors (Lipinski definition) is 3. The molecule has 0 aliphatic carbocycles. The Kier molecular flexibility index (Phi) is 7.03. The molecule has 0 unspecified atom stereocenters. The van der Waals surface area contributed by atoms with E-state index in [1.807, 2.05) is 7.05 Å². The van der Waals surface area contributed by atoms with Gasteiger partial charge in [0.1, 0.15) is 5.75 Å². The van der Waals surface area contributed by atoms with Crippen molar-refractivity contribution in [1.29, 1.82) is 0 Å². The van der Waals surface area contributed by atoms with E-state index in [0.717, 1.165) is 25.4 Å². The molecular weight excluding hydrogens is 248 g/mol. The highest BCUT2D eigenvalue weighted by molar-refractivity contribution is 5.37. The summed E-state index contributed by atoms with van der Waals surface area (Å²) in [6.07, 6.45) is 0. The molecule has 20 heavy (non-hydrogen) atoms. The van der Waals surface area contributed by atoms with Crippen LogP contribution in [0, 0.1) is 5.92 Å². The molecular formula is C17H30N2O. The zero-order valence-corrected chi connectivity index (χ0v) is 13.9. The van der Waals surface area contributed by atoms with E-state index in [2.05, 4.69) is 56.1 Å². The highest BCUT2D eigenvalue weighted by Gasteiger charge is 2.14. The van der Waals surface area contributed by atoms with Crippen LogP contribution >= 0.6 is 0 Å². The average Bonchev–Trinajstić information content (AvgIpc) is 2.38. The van der Waals surface area contributed by atoms with E-state index in [1.54, 1.807) is 7.11 Å². The van der Waals surface area contributed by atoms with Crippen molar-refractivity contribution in [2.75, 3.05) is 20.7 Å². The smallest absolute Gasteiger partial charge is 0.123 e. The Morgan fingerprint density at radius 2 is 1.90 bits per heavy atom. The fourth-order valence-corrected chi connectivity index (χ4v) is 2.42. The summed E-state index contributed by atoms with van der Waals surface area (Å²) in [5.41, 5.74) is 2.58. The molecule has 0 aromatic heterocycles. The van der Waals surface area contributed by atoms with Crippen LogP contribution in [0.4, 0.5) is 0 Å². The molecule has 1 aromatic carbocycles. The van der Waals surface area contributed by atoms with Gasteiger partial charge in [-0.1, -0.05) is 19.9 Å². The van der Waals surface area contributed by atoms with Crippen LogP contribution in [0.3, 0.4) is 0 Å². The highest BCUT2D eigenvalue weighted by Crippen LogP contribution is 2.23. The second kappa shape index (κ2) is 8.28. The molecule has 0 spiro atoms. The molecule has 3 heteroatoms. The van der Waals surface area contributed by atoms with Crippen molar-refractivity contribution in [3.8, 4) is 5.75 Å². The SMILES string of the molecule is CNCc1ccc(OC)c(CN(CC(C)C)C(C)C)c1. The minimum atomic E-state index is 0.537. The van der Waals surface area contributed by atoms with Crippen molar-refractivity contribution < 1.29 is 4.74 Å². The van der Waals surface area contributed by atoms with Crippen LogP contribution < -0.4 is 10.1 Å². The molecule has 0 saturated carbocycles. The predicted octanol–water partition coefficient (Wildman–Crippen LogP) is 3.28. The molecule has 1 rings (SSSR count). The molecule has 0 amide bonds. The predicted molar refractivity (Wildman–Crippen MR) is 86.1 cm³/mol. The Balaban J connectivity index is 2.93. The van der Waals surface area contributed by atoms with Gasteiger partial charge in [-0.3, -0.25) is 4.90 Å². The Labute approximate surface area is 124 Å². The van der Waals surface area contributed by atoms with Gasteiger partial charge in [0.05, 0.1) is 7.11 Å². The minimum absolute atomic E-state index is 0.537.